The van der Waals surface area contributed by atoms with Gasteiger partial charge in [0, 0.05) is 24.1 Å². The number of hydrogen-bond donors (Lipinski definition) is 3. The van der Waals surface area contributed by atoms with Crippen LogP contribution in [0.4, 0.5) is 19.0 Å². The Labute approximate surface area is 213 Å². The van der Waals surface area contributed by atoms with Crippen LogP contribution >= 0.6 is 11.8 Å². The lowest BCUT2D eigenvalue weighted by Crippen LogP contribution is -2.29. The maximum Gasteiger partial charge on any atom is 0.389 e. The number of aliphatic hydroxyl groups is 2. The van der Waals surface area contributed by atoms with Crippen LogP contribution in [0.3, 0.4) is 0 Å². The Kier molecular flexibility index (Phi) is 7.34. The van der Waals surface area contributed by atoms with Gasteiger partial charge in [-0.25, -0.2) is 14.6 Å². The molecule has 37 heavy (non-hydrogen) atoms. The molecule has 0 bridgehead atoms. The lowest BCUT2D eigenvalue weighted by Gasteiger charge is -2.13. The van der Waals surface area contributed by atoms with Gasteiger partial charge in [0.15, 0.2) is 27.9 Å². The number of anilines is 1. The van der Waals surface area contributed by atoms with E-state index in [1.54, 1.807) is 0 Å². The number of benzene rings is 1. The number of ether oxygens (including phenoxy) is 1. The van der Waals surface area contributed by atoms with E-state index in [0.717, 1.165) is 23.7 Å². The van der Waals surface area contributed by atoms with Crippen molar-refractivity contribution in [2.45, 2.75) is 60.8 Å². The maximum absolute atomic E-state index is 12.8. The van der Waals surface area contributed by atoms with Gasteiger partial charge in [0.1, 0.15) is 12.1 Å². The molecule has 0 spiro atoms. The van der Waals surface area contributed by atoms with E-state index in [2.05, 4.69) is 25.6 Å². The van der Waals surface area contributed by atoms with Gasteiger partial charge in [0.25, 0.3) is 0 Å². The molecule has 2 aromatic heterocycles. The number of alkyl halides is 3. The van der Waals surface area contributed by atoms with E-state index < -0.39 is 36.6 Å². The molecule has 2 saturated carbocycles. The van der Waals surface area contributed by atoms with Crippen molar-refractivity contribution in [1.29, 1.82) is 0 Å². The summed E-state index contributed by atoms with van der Waals surface area (Å²) in [7, 11) is 0. The highest BCUT2D eigenvalue weighted by Crippen LogP contribution is 2.43. The quantitative estimate of drug-likeness (QED) is 0.261. The van der Waals surface area contributed by atoms with Crippen molar-refractivity contribution in [3.8, 4) is 0 Å². The summed E-state index contributed by atoms with van der Waals surface area (Å²) in [5.41, 5.74) is 1.62. The molecule has 0 amide bonds. The Balaban J connectivity index is 1.43. The van der Waals surface area contributed by atoms with E-state index in [4.69, 9.17) is 9.84 Å². The standard InChI is InChI=1S/C23H25F3N6O4S/c24-23(25,26)6-9-37-22-28-20(27-14-10-13(14)12-4-2-1-3-5-12)17-21(29-22)32(31-30-17)15-11-16(36-8-7-33)19(35)18(15)34/h1-5,13-16,19,33,35H,6-11H2,(H,27,28,29)/t13-,14?,15+,16-,19+/m0/s1. The lowest BCUT2D eigenvalue weighted by atomic mass is 10.1. The van der Waals surface area contributed by atoms with Gasteiger partial charge >= 0.3 is 6.18 Å². The van der Waals surface area contributed by atoms with Gasteiger partial charge in [-0.15, -0.1) is 5.10 Å². The molecule has 198 valence electrons. The second kappa shape index (κ2) is 10.5. The summed E-state index contributed by atoms with van der Waals surface area (Å²) in [4.78, 5) is 21.6. The molecule has 2 aliphatic rings. The van der Waals surface area contributed by atoms with Crippen molar-refractivity contribution in [3.63, 3.8) is 0 Å². The smallest absolute Gasteiger partial charge is 0.389 e. The number of ketones is 1. The van der Waals surface area contributed by atoms with Gasteiger partial charge in [-0.1, -0.05) is 47.3 Å². The minimum Gasteiger partial charge on any atom is -0.394 e. The van der Waals surface area contributed by atoms with Crippen molar-refractivity contribution in [1.82, 2.24) is 25.0 Å². The molecule has 2 fully saturated rings. The number of nitrogens with one attached hydrogen (secondary N) is 1. The number of Topliss-reactive ketones (excluding diaryl/α,β-unsaturated/α-hetero) is 1. The number of thioether (sulfide) groups is 1. The average molecular weight is 539 g/mol. The second-order valence-electron chi connectivity index (χ2n) is 9.01. The van der Waals surface area contributed by atoms with Crippen LogP contribution in [0.1, 0.15) is 36.8 Å². The topological polar surface area (TPSA) is 135 Å². The monoisotopic (exact) mass is 538 g/mol. The molecule has 0 aliphatic heterocycles. The molecule has 2 aliphatic carbocycles. The first-order valence-electron chi connectivity index (χ1n) is 11.8. The predicted octanol–water partition coefficient (Wildman–Crippen LogP) is 2.49. The molecular formula is C23H25F3N6O4S. The van der Waals surface area contributed by atoms with Crippen LogP contribution in [0.25, 0.3) is 11.2 Å². The van der Waals surface area contributed by atoms with E-state index >= 15 is 0 Å². The van der Waals surface area contributed by atoms with E-state index in [9.17, 15) is 23.1 Å². The third-order valence-corrected chi connectivity index (χ3v) is 7.26. The number of rotatable bonds is 10. The second-order valence-corrected chi connectivity index (χ2v) is 10.1. The van der Waals surface area contributed by atoms with Gasteiger partial charge in [0.05, 0.1) is 25.7 Å². The molecule has 1 unspecified atom stereocenters. The van der Waals surface area contributed by atoms with Gasteiger partial charge in [-0.05, 0) is 12.0 Å². The van der Waals surface area contributed by atoms with Crippen molar-refractivity contribution in [2.75, 3.05) is 24.3 Å². The largest absolute Gasteiger partial charge is 0.394 e. The minimum absolute atomic E-state index is 0.0416. The molecular weight excluding hydrogens is 513 g/mol. The molecule has 0 saturated heterocycles. The first kappa shape index (κ1) is 25.8. The molecule has 0 radical (unpaired) electrons. The highest BCUT2D eigenvalue weighted by atomic mass is 32.2. The summed E-state index contributed by atoms with van der Waals surface area (Å²) >= 11 is 0.851. The fraction of sp³-hybridized carbons (Fsp3) is 0.522. The van der Waals surface area contributed by atoms with Gasteiger partial charge in [-0.3, -0.25) is 4.79 Å². The lowest BCUT2D eigenvalue weighted by molar-refractivity contribution is -0.131. The van der Waals surface area contributed by atoms with E-state index in [1.165, 1.54) is 4.68 Å². The fourth-order valence-corrected chi connectivity index (χ4v) is 5.29. The Morgan fingerprint density at radius 1 is 1.19 bits per heavy atom. The Hall–Kier alpha value is -2.81. The SMILES string of the molecule is O=C1[C@H](n2nnc3c(NC4C[C@H]4c4ccccc4)nc(SCCC(F)(F)F)nc32)C[C@H](OCCO)[C@H]1O. The first-order chi connectivity index (χ1) is 17.7. The maximum atomic E-state index is 12.8. The molecule has 5 rings (SSSR count). The molecule has 3 aromatic rings. The van der Waals surface area contributed by atoms with Crippen LogP contribution < -0.4 is 5.32 Å². The number of nitrogens with zero attached hydrogens (tertiary/aromatic N) is 5. The zero-order valence-corrected chi connectivity index (χ0v) is 20.3. The van der Waals surface area contributed by atoms with Crippen LogP contribution in [0.5, 0.6) is 0 Å². The molecule has 10 nitrogen and oxygen atoms in total. The normalized spacial score (nSPS) is 25.6. The van der Waals surface area contributed by atoms with E-state index in [0.29, 0.717) is 5.82 Å². The zero-order valence-electron chi connectivity index (χ0n) is 19.5. The van der Waals surface area contributed by atoms with Crippen LogP contribution in [-0.2, 0) is 9.53 Å². The number of fused-ring (bicyclic) bond motifs is 1. The molecule has 5 atom stereocenters. The van der Waals surface area contributed by atoms with Gasteiger partial charge < -0.3 is 20.3 Å². The number of hydrogen-bond acceptors (Lipinski definition) is 10. The third-order valence-electron chi connectivity index (χ3n) is 6.41. The fourth-order valence-electron chi connectivity index (χ4n) is 4.47. The molecule has 3 N–H and O–H groups in total. The summed E-state index contributed by atoms with van der Waals surface area (Å²) in [6.45, 7) is -0.305. The van der Waals surface area contributed by atoms with Gasteiger partial charge in [0.2, 0.25) is 0 Å². The van der Waals surface area contributed by atoms with Crippen LogP contribution in [0.2, 0.25) is 0 Å². The first-order valence-corrected chi connectivity index (χ1v) is 12.8. The summed E-state index contributed by atoms with van der Waals surface area (Å²) < 4.78 is 44.8. The Bertz CT molecular complexity index is 1260. The minimum atomic E-state index is -4.31. The number of carbonyl (C=O) groups excluding carboxylic acids is 1. The van der Waals surface area contributed by atoms with Crippen molar-refractivity contribution in [3.05, 3.63) is 35.9 Å². The van der Waals surface area contributed by atoms with E-state index in [1.807, 2.05) is 30.3 Å². The Morgan fingerprint density at radius 2 is 1.97 bits per heavy atom. The summed E-state index contributed by atoms with van der Waals surface area (Å²) in [6, 6.07) is 9.03. The van der Waals surface area contributed by atoms with Crippen LogP contribution in [0.15, 0.2) is 35.5 Å². The molecule has 1 aromatic carbocycles. The molecule has 2 heterocycles. The number of carbonyl (C=O) groups is 1. The highest BCUT2D eigenvalue weighted by molar-refractivity contribution is 7.99. The predicted molar refractivity (Wildman–Crippen MR) is 127 cm³/mol. The summed E-state index contributed by atoms with van der Waals surface area (Å²) in [5.74, 6) is -0.239. The molecule has 14 heteroatoms. The van der Waals surface area contributed by atoms with Crippen LogP contribution in [-0.4, -0.2) is 84.4 Å². The van der Waals surface area contributed by atoms with Crippen molar-refractivity contribution < 1.29 is 32.9 Å². The summed E-state index contributed by atoms with van der Waals surface area (Å²) in [6.07, 6.45) is -6.63. The van der Waals surface area contributed by atoms with E-state index in [-0.39, 0.29) is 53.7 Å². The Morgan fingerprint density at radius 3 is 2.70 bits per heavy atom. The highest BCUT2D eigenvalue weighted by Gasteiger charge is 2.45. The van der Waals surface area contributed by atoms with Crippen molar-refractivity contribution in [2.24, 2.45) is 0 Å². The van der Waals surface area contributed by atoms with Gasteiger partial charge in [-0.2, -0.15) is 13.2 Å². The summed E-state index contributed by atoms with van der Waals surface area (Å²) in [5, 5.41) is 31.0. The zero-order chi connectivity index (χ0) is 26.2. The van der Waals surface area contributed by atoms with Crippen molar-refractivity contribution >= 4 is 34.5 Å². The number of aromatic nitrogens is 5. The number of aliphatic hydroxyl groups excluding tert-OH is 2. The number of halogens is 3. The third kappa shape index (κ3) is 5.71. The average Bonchev–Trinajstić information content (AvgIpc) is 3.42. The van der Waals surface area contributed by atoms with Crippen LogP contribution in [0, 0.1) is 0 Å².